The Morgan fingerprint density at radius 3 is 2.72 bits per heavy atom. The molecule has 1 aromatic rings. The summed E-state index contributed by atoms with van der Waals surface area (Å²) < 4.78 is 1.53. The van der Waals surface area contributed by atoms with E-state index in [1.807, 2.05) is 6.92 Å². The van der Waals surface area contributed by atoms with E-state index in [0.717, 1.165) is 0 Å². The molecule has 0 aromatic carbocycles. The molecule has 0 spiro atoms. The van der Waals surface area contributed by atoms with Gasteiger partial charge in [0.05, 0.1) is 4.92 Å². The number of carbonyl (C=O) groups is 1. The average Bonchev–Trinajstić information content (AvgIpc) is 2.65. The van der Waals surface area contributed by atoms with E-state index in [2.05, 4.69) is 15.7 Å². The Morgan fingerprint density at radius 2 is 2.22 bits per heavy atom. The summed E-state index contributed by atoms with van der Waals surface area (Å²) in [7, 11) is 1.55. The molecule has 0 atom stereocenters. The Kier molecular flexibility index (Phi) is 4.64. The van der Waals surface area contributed by atoms with Gasteiger partial charge in [0.1, 0.15) is 5.69 Å². The summed E-state index contributed by atoms with van der Waals surface area (Å²) in [6.45, 7) is 4.29. The number of aryl methyl sites for hydroxylation is 2. The van der Waals surface area contributed by atoms with Crippen LogP contribution in [0.15, 0.2) is 0 Å². The molecule has 18 heavy (non-hydrogen) atoms. The second-order valence-electron chi connectivity index (χ2n) is 3.71. The van der Waals surface area contributed by atoms with Crippen LogP contribution in [0.3, 0.4) is 0 Å². The van der Waals surface area contributed by atoms with Gasteiger partial charge >= 0.3 is 5.69 Å². The zero-order chi connectivity index (χ0) is 13.7. The molecule has 1 amide bonds. The number of nitrogens with zero attached hydrogens (tertiary/aromatic N) is 3. The van der Waals surface area contributed by atoms with E-state index in [4.69, 9.17) is 0 Å². The SMILES string of the molecule is CCn1nc(C)c([N+](=O)[O-])c1NCCC(=O)NC. The lowest BCUT2D eigenvalue weighted by Gasteiger charge is -2.06. The zero-order valence-electron chi connectivity index (χ0n) is 10.7. The van der Waals surface area contributed by atoms with Gasteiger partial charge in [-0.25, -0.2) is 4.68 Å². The van der Waals surface area contributed by atoms with Crippen LogP contribution in [0.1, 0.15) is 19.0 Å². The normalized spacial score (nSPS) is 10.2. The van der Waals surface area contributed by atoms with E-state index in [1.165, 1.54) is 4.68 Å². The van der Waals surface area contributed by atoms with Crippen molar-refractivity contribution in [3.8, 4) is 0 Å². The third-order valence-electron chi connectivity index (χ3n) is 2.50. The van der Waals surface area contributed by atoms with E-state index in [1.54, 1.807) is 14.0 Å². The largest absolute Gasteiger partial charge is 0.364 e. The Bertz CT molecular complexity index is 455. The highest BCUT2D eigenvalue weighted by molar-refractivity contribution is 5.76. The lowest BCUT2D eigenvalue weighted by molar-refractivity contribution is -0.384. The standard InChI is InChI=1S/C10H17N5O3/c1-4-14-10(12-6-5-8(16)11-3)9(15(17)18)7(2)13-14/h12H,4-6H2,1-3H3,(H,11,16). The molecule has 0 aliphatic carbocycles. The first kappa shape index (κ1) is 13.9. The van der Waals surface area contributed by atoms with E-state index in [0.29, 0.717) is 24.6 Å². The predicted octanol–water partition coefficient (Wildman–Crippen LogP) is 0.668. The average molecular weight is 255 g/mol. The van der Waals surface area contributed by atoms with E-state index in [9.17, 15) is 14.9 Å². The molecule has 0 saturated carbocycles. The van der Waals surface area contributed by atoms with Gasteiger partial charge in [0.2, 0.25) is 11.7 Å². The second-order valence-corrected chi connectivity index (χ2v) is 3.71. The van der Waals surface area contributed by atoms with Crippen LogP contribution in [-0.4, -0.2) is 34.2 Å². The van der Waals surface area contributed by atoms with Gasteiger partial charge in [-0.2, -0.15) is 5.10 Å². The molecule has 8 nitrogen and oxygen atoms in total. The topological polar surface area (TPSA) is 102 Å². The number of hydrogen-bond acceptors (Lipinski definition) is 5. The summed E-state index contributed by atoms with van der Waals surface area (Å²) in [5.74, 6) is 0.230. The monoisotopic (exact) mass is 255 g/mol. The molecule has 0 bridgehead atoms. The van der Waals surface area contributed by atoms with Crippen LogP contribution < -0.4 is 10.6 Å². The Hall–Kier alpha value is -2.12. The minimum absolute atomic E-state index is 0.0336. The van der Waals surface area contributed by atoms with Gasteiger partial charge in [-0.05, 0) is 13.8 Å². The van der Waals surface area contributed by atoms with Crippen molar-refractivity contribution in [2.45, 2.75) is 26.8 Å². The number of amides is 1. The molecule has 1 heterocycles. The van der Waals surface area contributed by atoms with Crippen molar-refractivity contribution in [3.63, 3.8) is 0 Å². The van der Waals surface area contributed by atoms with Crippen molar-refractivity contribution in [1.82, 2.24) is 15.1 Å². The van der Waals surface area contributed by atoms with Gasteiger partial charge in [0.15, 0.2) is 0 Å². The first-order chi connectivity index (χ1) is 8.51. The number of anilines is 1. The van der Waals surface area contributed by atoms with Gasteiger partial charge in [-0.15, -0.1) is 0 Å². The zero-order valence-corrected chi connectivity index (χ0v) is 10.7. The maximum atomic E-state index is 11.1. The first-order valence-electron chi connectivity index (χ1n) is 5.67. The number of hydrogen-bond donors (Lipinski definition) is 2. The number of nitro groups is 1. The Labute approximate surface area is 105 Å². The fraction of sp³-hybridized carbons (Fsp3) is 0.600. The molecule has 0 aliphatic heterocycles. The first-order valence-corrected chi connectivity index (χ1v) is 5.67. The molecular weight excluding hydrogens is 238 g/mol. The van der Waals surface area contributed by atoms with E-state index < -0.39 is 4.92 Å². The second kappa shape index (κ2) is 5.99. The minimum atomic E-state index is -0.462. The highest BCUT2D eigenvalue weighted by atomic mass is 16.6. The van der Waals surface area contributed by atoms with Crippen molar-refractivity contribution in [2.75, 3.05) is 18.9 Å². The van der Waals surface area contributed by atoms with Crippen molar-refractivity contribution in [2.24, 2.45) is 0 Å². The van der Waals surface area contributed by atoms with Crippen molar-refractivity contribution >= 4 is 17.4 Å². The molecule has 0 radical (unpaired) electrons. The van der Waals surface area contributed by atoms with Gasteiger partial charge in [-0.1, -0.05) is 0 Å². The summed E-state index contributed by atoms with van der Waals surface area (Å²) in [6.07, 6.45) is 0.252. The van der Waals surface area contributed by atoms with Crippen LogP contribution in [0.25, 0.3) is 0 Å². The Morgan fingerprint density at radius 1 is 1.56 bits per heavy atom. The van der Waals surface area contributed by atoms with Crippen LogP contribution in [0.5, 0.6) is 0 Å². The fourth-order valence-corrected chi connectivity index (χ4v) is 1.61. The van der Waals surface area contributed by atoms with E-state index in [-0.39, 0.29) is 18.0 Å². The molecular formula is C10H17N5O3. The summed E-state index contributed by atoms with van der Waals surface area (Å²) in [5.41, 5.74) is 0.332. The molecule has 2 N–H and O–H groups in total. The molecule has 8 heteroatoms. The van der Waals surface area contributed by atoms with Gasteiger partial charge < -0.3 is 10.6 Å². The molecule has 100 valence electrons. The smallest absolute Gasteiger partial charge is 0.333 e. The van der Waals surface area contributed by atoms with Crippen LogP contribution in [0.2, 0.25) is 0 Å². The van der Waals surface area contributed by atoms with Crippen LogP contribution in [-0.2, 0) is 11.3 Å². The molecule has 0 unspecified atom stereocenters. The van der Waals surface area contributed by atoms with Crippen LogP contribution in [0, 0.1) is 17.0 Å². The summed E-state index contributed by atoms with van der Waals surface area (Å²) >= 11 is 0. The maximum Gasteiger partial charge on any atom is 0.333 e. The third-order valence-corrected chi connectivity index (χ3v) is 2.50. The summed E-state index contributed by atoms with van der Waals surface area (Å²) in [5, 5.41) is 20.4. The molecule has 0 fully saturated rings. The van der Waals surface area contributed by atoms with Crippen LogP contribution in [0.4, 0.5) is 11.5 Å². The lowest BCUT2D eigenvalue weighted by Crippen LogP contribution is -2.21. The summed E-state index contributed by atoms with van der Waals surface area (Å²) in [6, 6.07) is 0. The highest BCUT2D eigenvalue weighted by Gasteiger charge is 2.24. The number of rotatable bonds is 6. The molecule has 0 aliphatic rings. The Balaban J connectivity index is 2.85. The number of aromatic nitrogens is 2. The number of carbonyl (C=O) groups excluding carboxylic acids is 1. The molecule has 0 saturated heterocycles. The lowest BCUT2D eigenvalue weighted by atomic mass is 10.3. The van der Waals surface area contributed by atoms with Crippen molar-refractivity contribution < 1.29 is 9.72 Å². The summed E-state index contributed by atoms with van der Waals surface area (Å²) in [4.78, 5) is 21.6. The molecule has 1 rings (SSSR count). The fourth-order valence-electron chi connectivity index (χ4n) is 1.61. The minimum Gasteiger partial charge on any atom is -0.364 e. The highest BCUT2D eigenvalue weighted by Crippen LogP contribution is 2.27. The number of nitrogens with one attached hydrogen (secondary N) is 2. The van der Waals surface area contributed by atoms with Crippen molar-refractivity contribution in [3.05, 3.63) is 15.8 Å². The predicted molar refractivity (Wildman–Crippen MR) is 66.5 cm³/mol. The quantitative estimate of drug-likeness (QED) is 0.574. The maximum absolute atomic E-state index is 11.1. The van der Waals surface area contributed by atoms with Crippen LogP contribution >= 0.6 is 0 Å². The van der Waals surface area contributed by atoms with E-state index >= 15 is 0 Å². The van der Waals surface area contributed by atoms with Crippen molar-refractivity contribution in [1.29, 1.82) is 0 Å². The third kappa shape index (κ3) is 2.96. The molecule has 1 aromatic heterocycles. The van der Waals surface area contributed by atoms with Gasteiger partial charge in [-0.3, -0.25) is 14.9 Å². The van der Waals surface area contributed by atoms with Gasteiger partial charge in [0, 0.05) is 26.6 Å². The van der Waals surface area contributed by atoms with Gasteiger partial charge in [0.25, 0.3) is 0 Å².